The Morgan fingerprint density at radius 2 is 1.97 bits per heavy atom. The lowest BCUT2D eigenvalue weighted by atomic mass is 10.2. The predicted molar refractivity (Wildman–Crippen MR) is 135 cm³/mol. The molecule has 33 heavy (non-hydrogen) atoms. The van der Waals surface area contributed by atoms with E-state index in [9.17, 15) is 4.79 Å². The minimum atomic E-state index is -0.0535. The first kappa shape index (κ1) is 24.0. The van der Waals surface area contributed by atoms with Gasteiger partial charge in [0, 0.05) is 36.8 Å². The third-order valence-corrected chi connectivity index (χ3v) is 6.92. The molecular formula is C25H30ClN3O3S. The summed E-state index contributed by atoms with van der Waals surface area (Å²) in [7, 11) is 0. The molecule has 2 heterocycles. The number of hydrogen-bond donors (Lipinski definition) is 0. The van der Waals surface area contributed by atoms with E-state index in [1.54, 1.807) is 4.90 Å². The van der Waals surface area contributed by atoms with Crippen molar-refractivity contribution < 1.29 is 14.3 Å². The summed E-state index contributed by atoms with van der Waals surface area (Å²) in [5.41, 5.74) is 1.48. The van der Waals surface area contributed by atoms with Crippen LogP contribution < -0.4 is 9.64 Å². The number of benzene rings is 2. The van der Waals surface area contributed by atoms with Crippen LogP contribution in [0, 0.1) is 0 Å². The quantitative estimate of drug-likeness (QED) is 0.353. The van der Waals surface area contributed by atoms with Crippen molar-refractivity contribution >= 4 is 44.2 Å². The second kappa shape index (κ2) is 11.8. The largest absolute Gasteiger partial charge is 0.494 e. The minimum absolute atomic E-state index is 0.0535. The van der Waals surface area contributed by atoms with E-state index < -0.39 is 0 Å². The first-order valence-corrected chi connectivity index (χ1v) is 12.7. The fourth-order valence-electron chi connectivity index (χ4n) is 3.75. The highest BCUT2D eigenvalue weighted by Gasteiger charge is 2.22. The van der Waals surface area contributed by atoms with E-state index >= 15 is 0 Å². The number of rotatable bonds is 10. The smallest absolute Gasteiger partial charge is 0.260 e. The first-order valence-electron chi connectivity index (χ1n) is 11.5. The molecule has 0 unspecified atom stereocenters. The van der Waals surface area contributed by atoms with Crippen LogP contribution in [0.15, 0.2) is 42.5 Å². The van der Waals surface area contributed by atoms with Crippen molar-refractivity contribution in [2.45, 2.75) is 26.2 Å². The van der Waals surface area contributed by atoms with Gasteiger partial charge >= 0.3 is 0 Å². The molecule has 0 radical (unpaired) electrons. The number of hydrogen-bond acceptors (Lipinski definition) is 6. The fourth-order valence-corrected chi connectivity index (χ4v) is 5.01. The standard InChI is InChI=1S/C25H30ClN3O3S/c1-2-3-15-32-21-8-5-19(6-9-21)24(30)29(12-4-11-28-13-16-31-17-14-28)25-27-22-10-7-20(26)18-23(22)33-25/h5-10,18H,2-4,11-17H2,1H3. The normalized spacial score (nSPS) is 14.5. The van der Waals surface area contributed by atoms with Gasteiger partial charge in [0.05, 0.1) is 30.0 Å². The van der Waals surface area contributed by atoms with Crippen molar-refractivity contribution in [3.05, 3.63) is 53.1 Å². The van der Waals surface area contributed by atoms with Crippen LogP contribution in [0.1, 0.15) is 36.5 Å². The lowest BCUT2D eigenvalue weighted by Gasteiger charge is -2.27. The summed E-state index contributed by atoms with van der Waals surface area (Å²) in [5.74, 6) is 0.732. The molecule has 4 rings (SSSR count). The van der Waals surface area contributed by atoms with Gasteiger partial charge in [0.25, 0.3) is 5.91 Å². The highest BCUT2D eigenvalue weighted by Crippen LogP contribution is 2.32. The van der Waals surface area contributed by atoms with Gasteiger partial charge in [-0.25, -0.2) is 4.98 Å². The van der Waals surface area contributed by atoms with Crippen LogP contribution in [0.2, 0.25) is 5.02 Å². The second-order valence-corrected chi connectivity index (χ2v) is 9.54. The molecule has 0 bridgehead atoms. The third kappa shape index (κ3) is 6.44. The number of thiazole rings is 1. The summed E-state index contributed by atoms with van der Waals surface area (Å²) < 4.78 is 12.2. The molecule has 0 atom stereocenters. The number of fused-ring (bicyclic) bond motifs is 1. The Labute approximate surface area is 204 Å². The van der Waals surface area contributed by atoms with Gasteiger partial charge in [0.1, 0.15) is 5.75 Å². The van der Waals surface area contributed by atoms with Gasteiger partial charge in [-0.2, -0.15) is 0 Å². The van der Waals surface area contributed by atoms with Crippen LogP contribution in [0.5, 0.6) is 5.75 Å². The number of aromatic nitrogens is 1. The Morgan fingerprint density at radius 3 is 2.73 bits per heavy atom. The molecule has 2 aromatic carbocycles. The summed E-state index contributed by atoms with van der Waals surface area (Å²) in [6, 6.07) is 13.0. The van der Waals surface area contributed by atoms with Gasteiger partial charge in [-0.05, 0) is 55.3 Å². The Hall–Kier alpha value is -2.19. The average molecular weight is 488 g/mol. The summed E-state index contributed by atoms with van der Waals surface area (Å²) in [5, 5.41) is 1.36. The first-order chi connectivity index (χ1) is 16.1. The maximum absolute atomic E-state index is 13.5. The van der Waals surface area contributed by atoms with Crippen LogP contribution >= 0.6 is 22.9 Å². The van der Waals surface area contributed by atoms with Crippen molar-refractivity contribution in [2.75, 3.05) is 50.9 Å². The molecule has 1 amide bonds. The number of unbranched alkanes of at least 4 members (excludes halogenated alkanes) is 1. The van der Waals surface area contributed by atoms with Crippen molar-refractivity contribution in [1.29, 1.82) is 0 Å². The van der Waals surface area contributed by atoms with E-state index in [1.165, 1.54) is 11.3 Å². The van der Waals surface area contributed by atoms with Crippen molar-refractivity contribution in [1.82, 2.24) is 9.88 Å². The van der Waals surface area contributed by atoms with Crippen LogP contribution in [-0.2, 0) is 4.74 Å². The molecule has 1 fully saturated rings. The molecule has 1 aromatic heterocycles. The van der Waals surface area contributed by atoms with Crippen molar-refractivity contribution in [3.63, 3.8) is 0 Å². The molecule has 1 aliphatic rings. The van der Waals surface area contributed by atoms with Gasteiger partial charge in [0.2, 0.25) is 0 Å². The summed E-state index contributed by atoms with van der Waals surface area (Å²) in [4.78, 5) is 22.5. The number of anilines is 1. The Morgan fingerprint density at radius 1 is 1.18 bits per heavy atom. The zero-order valence-corrected chi connectivity index (χ0v) is 20.5. The van der Waals surface area contributed by atoms with Crippen molar-refractivity contribution in [3.8, 4) is 5.75 Å². The minimum Gasteiger partial charge on any atom is -0.494 e. The highest BCUT2D eigenvalue weighted by molar-refractivity contribution is 7.22. The topological polar surface area (TPSA) is 54.9 Å². The van der Waals surface area contributed by atoms with E-state index in [1.807, 2.05) is 42.5 Å². The maximum Gasteiger partial charge on any atom is 0.260 e. The highest BCUT2D eigenvalue weighted by atomic mass is 35.5. The van der Waals surface area contributed by atoms with E-state index in [-0.39, 0.29) is 5.91 Å². The number of ether oxygens (including phenoxy) is 2. The van der Waals surface area contributed by atoms with Crippen LogP contribution in [0.25, 0.3) is 10.2 Å². The molecule has 1 aliphatic heterocycles. The number of carbonyl (C=O) groups excluding carboxylic acids is 1. The van der Waals surface area contributed by atoms with E-state index in [2.05, 4.69) is 11.8 Å². The fraction of sp³-hybridized carbons (Fsp3) is 0.440. The van der Waals surface area contributed by atoms with Crippen molar-refractivity contribution in [2.24, 2.45) is 0 Å². The van der Waals surface area contributed by atoms with E-state index in [4.69, 9.17) is 26.1 Å². The molecule has 3 aromatic rings. The number of morpholine rings is 1. The number of halogens is 1. The van der Waals surface area contributed by atoms with Gasteiger partial charge < -0.3 is 9.47 Å². The molecule has 1 saturated heterocycles. The van der Waals surface area contributed by atoms with E-state index in [0.29, 0.717) is 28.9 Å². The molecule has 176 valence electrons. The monoisotopic (exact) mass is 487 g/mol. The maximum atomic E-state index is 13.5. The molecule has 8 heteroatoms. The number of nitrogens with zero attached hydrogens (tertiary/aromatic N) is 3. The molecule has 0 aliphatic carbocycles. The zero-order valence-electron chi connectivity index (χ0n) is 19.0. The zero-order chi connectivity index (χ0) is 23.0. The second-order valence-electron chi connectivity index (χ2n) is 8.10. The Bertz CT molecular complexity index is 1050. The molecular weight excluding hydrogens is 458 g/mol. The summed E-state index contributed by atoms with van der Waals surface area (Å²) in [6.07, 6.45) is 2.96. The lowest BCUT2D eigenvalue weighted by Crippen LogP contribution is -2.39. The number of amides is 1. The summed E-state index contributed by atoms with van der Waals surface area (Å²) >= 11 is 7.66. The van der Waals surface area contributed by atoms with Crippen LogP contribution in [0.3, 0.4) is 0 Å². The molecule has 0 saturated carbocycles. The van der Waals surface area contributed by atoms with Crippen LogP contribution in [0.4, 0.5) is 5.13 Å². The predicted octanol–water partition coefficient (Wildman–Crippen LogP) is 5.50. The van der Waals surface area contributed by atoms with Gasteiger partial charge in [-0.1, -0.05) is 36.3 Å². The van der Waals surface area contributed by atoms with Gasteiger partial charge in [-0.3, -0.25) is 14.6 Å². The van der Waals surface area contributed by atoms with Gasteiger partial charge in [-0.15, -0.1) is 0 Å². The molecule has 0 spiro atoms. The molecule has 6 nitrogen and oxygen atoms in total. The third-order valence-electron chi connectivity index (χ3n) is 5.64. The number of carbonyl (C=O) groups is 1. The molecule has 0 N–H and O–H groups in total. The SMILES string of the molecule is CCCCOc1ccc(C(=O)N(CCCN2CCOCC2)c2nc3ccc(Cl)cc3s2)cc1. The van der Waals surface area contributed by atoms with E-state index in [0.717, 1.165) is 68.1 Å². The lowest BCUT2D eigenvalue weighted by molar-refractivity contribution is 0.0376. The Kier molecular flexibility index (Phi) is 8.56. The summed E-state index contributed by atoms with van der Waals surface area (Å²) in [6.45, 7) is 7.76. The average Bonchev–Trinajstić information content (AvgIpc) is 3.25. The van der Waals surface area contributed by atoms with Gasteiger partial charge in [0.15, 0.2) is 5.13 Å². The van der Waals surface area contributed by atoms with Crippen LogP contribution in [-0.4, -0.2) is 61.8 Å². The Balaban J connectivity index is 1.51.